The maximum absolute atomic E-state index is 14.2. The smallest absolute Gasteiger partial charge is 0.325 e. The van der Waals surface area contributed by atoms with Crippen LogP contribution in [0.15, 0.2) is 64.9 Å². The van der Waals surface area contributed by atoms with Crippen LogP contribution in [0.3, 0.4) is 0 Å². The minimum atomic E-state index is -1.99. The van der Waals surface area contributed by atoms with Gasteiger partial charge in [0, 0.05) is 49.1 Å². The third kappa shape index (κ3) is 4.77. The number of benzene rings is 2. The fourth-order valence-corrected chi connectivity index (χ4v) is 7.52. The standard InChI is InChI=1S/C31H30N6O7S/c1-17-22(45-16-32-17)13-14-35-27(38)24-25(29(35)40)31(30(41)42,15-19-9-11-21(12-10-19)37(43)44)33-26(24)23-18(2)34(3)36(28(23)39)20-7-5-4-6-8-20/h4-12,16,24-26,33H,13-15H2,1-3H3,(H,41,42). The first-order valence-corrected chi connectivity index (χ1v) is 15.2. The Labute approximate surface area is 260 Å². The molecule has 4 unspecified atom stereocenters. The fourth-order valence-electron chi connectivity index (χ4n) is 6.75. The Morgan fingerprint density at radius 2 is 1.78 bits per heavy atom. The summed E-state index contributed by atoms with van der Waals surface area (Å²) in [5.74, 6) is -5.06. The van der Waals surface area contributed by atoms with Crippen molar-refractivity contribution in [1.82, 2.24) is 24.6 Å². The van der Waals surface area contributed by atoms with Crippen molar-refractivity contribution in [2.24, 2.45) is 18.9 Å². The van der Waals surface area contributed by atoms with Gasteiger partial charge >= 0.3 is 5.97 Å². The number of nitrogens with one attached hydrogen (secondary N) is 1. The molecule has 4 heterocycles. The number of likely N-dealkylation sites (tertiary alicyclic amines) is 1. The highest BCUT2D eigenvalue weighted by Crippen LogP contribution is 2.50. The molecule has 13 nitrogen and oxygen atoms in total. The predicted octanol–water partition coefficient (Wildman–Crippen LogP) is 2.71. The maximum Gasteiger partial charge on any atom is 0.325 e. The number of carboxylic acid groups (broad SMARTS) is 1. The molecule has 2 aliphatic heterocycles. The van der Waals surface area contributed by atoms with E-state index < -0.39 is 51.7 Å². The lowest BCUT2D eigenvalue weighted by Crippen LogP contribution is -2.57. The van der Waals surface area contributed by atoms with Crippen molar-refractivity contribution in [2.45, 2.75) is 38.3 Å². The van der Waals surface area contributed by atoms with Gasteiger partial charge in [-0.15, -0.1) is 11.3 Å². The number of nitro groups is 1. The van der Waals surface area contributed by atoms with Gasteiger partial charge in [-0.2, -0.15) is 0 Å². The van der Waals surface area contributed by atoms with Crippen LogP contribution in [-0.4, -0.2) is 59.1 Å². The number of hydrogen-bond acceptors (Lipinski definition) is 9. The van der Waals surface area contributed by atoms with Crippen LogP contribution >= 0.6 is 11.3 Å². The molecule has 45 heavy (non-hydrogen) atoms. The number of thiazole rings is 1. The largest absolute Gasteiger partial charge is 0.480 e. The zero-order chi connectivity index (χ0) is 32.2. The third-order valence-corrected chi connectivity index (χ3v) is 10.1. The molecular formula is C31H30N6O7S. The van der Waals surface area contributed by atoms with Gasteiger partial charge in [-0.05, 0) is 31.5 Å². The highest BCUT2D eigenvalue weighted by Gasteiger charge is 2.69. The van der Waals surface area contributed by atoms with Crippen LogP contribution in [0, 0.1) is 35.8 Å². The van der Waals surface area contributed by atoms with Crippen molar-refractivity contribution in [1.29, 1.82) is 0 Å². The fraction of sp³-hybridized carbons (Fsp3) is 0.323. The van der Waals surface area contributed by atoms with E-state index in [1.165, 1.54) is 40.3 Å². The molecule has 14 heteroatoms. The molecule has 4 atom stereocenters. The second kappa shape index (κ2) is 11.2. The van der Waals surface area contributed by atoms with Crippen LogP contribution in [0.4, 0.5) is 5.69 Å². The number of nitrogens with zero attached hydrogens (tertiary/aromatic N) is 5. The molecule has 2 amide bonds. The lowest BCUT2D eigenvalue weighted by Gasteiger charge is -2.31. The zero-order valence-electron chi connectivity index (χ0n) is 24.7. The van der Waals surface area contributed by atoms with E-state index in [9.17, 15) is 34.4 Å². The van der Waals surface area contributed by atoms with Crippen LogP contribution in [0.1, 0.15) is 33.4 Å². The summed E-state index contributed by atoms with van der Waals surface area (Å²) < 4.78 is 3.09. The first-order chi connectivity index (χ1) is 21.5. The number of hydrogen-bond donors (Lipinski definition) is 2. The molecule has 2 N–H and O–H groups in total. The third-order valence-electron chi connectivity index (χ3n) is 9.07. The molecule has 4 aromatic rings. The van der Waals surface area contributed by atoms with E-state index in [1.54, 1.807) is 48.4 Å². The van der Waals surface area contributed by atoms with Gasteiger partial charge in [-0.1, -0.05) is 30.3 Å². The molecule has 6 rings (SSSR count). The molecule has 2 aromatic heterocycles. The number of nitro benzene ring substituents is 1. The van der Waals surface area contributed by atoms with Crippen molar-refractivity contribution >= 4 is 34.8 Å². The van der Waals surface area contributed by atoms with Crippen molar-refractivity contribution in [3.05, 3.63) is 108 Å². The number of aryl methyl sites for hydroxylation is 1. The van der Waals surface area contributed by atoms with Gasteiger partial charge in [-0.25, -0.2) is 9.67 Å². The second-order valence-corrected chi connectivity index (χ2v) is 12.4. The molecule has 2 aliphatic rings. The molecule has 0 aliphatic carbocycles. The van der Waals surface area contributed by atoms with E-state index in [-0.39, 0.29) is 24.2 Å². The lowest BCUT2D eigenvalue weighted by molar-refractivity contribution is -0.384. The molecule has 2 aromatic carbocycles. The molecule has 0 bridgehead atoms. The maximum atomic E-state index is 14.2. The van der Waals surface area contributed by atoms with Crippen LogP contribution in [-0.2, 0) is 34.3 Å². The van der Waals surface area contributed by atoms with Crippen LogP contribution < -0.4 is 10.9 Å². The van der Waals surface area contributed by atoms with Crippen molar-refractivity contribution in [3.8, 4) is 5.69 Å². The number of carbonyl (C=O) groups is 3. The van der Waals surface area contributed by atoms with E-state index in [2.05, 4.69) is 10.3 Å². The van der Waals surface area contributed by atoms with Gasteiger partial charge in [0.1, 0.15) is 5.54 Å². The second-order valence-electron chi connectivity index (χ2n) is 11.4. The van der Waals surface area contributed by atoms with Gasteiger partial charge in [-0.3, -0.25) is 44.2 Å². The summed E-state index contributed by atoms with van der Waals surface area (Å²) in [7, 11) is 1.70. The summed E-state index contributed by atoms with van der Waals surface area (Å²) >= 11 is 1.41. The number of non-ortho nitro benzene ring substituents is 1. The monoisotopic (exact) mass is 630 g/mol. The average Bonchev–Trinajstić information content (AvgIpc) is 3.71. The molecule has 0 saturated carbocycles. The lowest BCUT2D eigenvalue weighted by atomic mass is 9.76. The Balaban J connectivity index is 1.47. The highest BCUT2D eigenvalue weighted by atomic mass is 32.1. The Morgan fingerprint density at radius 1 is 1.09 bits per heavy atom. The summed E-state index contributed by atoms with van der Waals surface area (Å²) in [5.41, 5.74) is 1.59. The molecule has 0 radical (unpaired) electrons. The number of aromatic nitrogens is 3. The zero-order valence-corrected chi connectivity index (χ0v) is 25.5. The van der Waals surface area contributed by atoms with Crippen LogP contribution in [0.5, 0.6) is 0 Å². The number of fused-ring (bicyclic) bond motifs is 1. The van der Waals surface area contributed by atoms with Gasteiger partial charge < -0.3 is 5.11 Å². The van der Waals surface area contributed by atoms with Crippen molar-refractivity contribution < 1.29 is 24.4 Å². The van der Waals surface area contributed by atoms with Crippen LogP contribution in [0.2, 0.25) is 0 Å². The van der Waals surface area contributed by atoms with E-state index in [1.807, 2.05) is 13.0 Å². The summed E-state index contributed by atoms with van der Waals surface area (Å²) in [6, 6.07) is 13.2. The summed E-state index contributed by atoms with van der Waals surface area (Å²) in [5, 5.41) is 25.2. The topological polar surface area (TPSA) is 170 Å². The molecule has 0 spiro atoms. The van der Waals surface area contributed by atoms with Crippen LogP contribution in [0.25, 0.3) is 5.69 Å². The predicted molar refractivity (Wildman–Crippen MR) is 163 cm³/mol. The normalized spacial score (nSPS) is 22.6. The number of aliphatic carboxylic acids is 1. The van der Waals surface area contributed by atoms with Gasteiger partial charge in [0.05, 0.1) is 45.3 Å². The molecule has 2 fully saturated rings. The number of carboxylic acids is 1. The summed E-state index contributed by atoms with van der Waals surface area (Å²) in [6.07, 6.45) is 0.108. The van der Waals surface area contributed by atoms with Crippen molar-refractivity contribution in [3.63, 3.8) is 0 Å². The molecule has 232 valence electrons. The Hall–Kier alpha value is -4.95. The number of rotatable bonds is 9. The SMILES string of the molecule is Cc1ncsc1CCN1C(=O)C2C(c3c(C)n(C)n(-c4ccccc4)c3=O)NC(Cc3ccc([N+](=O)[O-])cc3)(C(=O)O)C2C1=O. The van der Waals surface area contributed by atoms with Crippen molar-refractivity contribution in [2.75, 3.05) is 6.54 Å². The number of amides is 2. The van der Waals surface area contributed by atoms with E-state index in [4.69, 9.17) is 0 Å². The van der Waals surface area contributed by atoms with Gasteiger partial charge in [0.15, 0.2) is 0 Å². The highest BCUT2D eigenvalue weighted by molar-refractivity contribution is 7.09. The summed E-state index contributed by atoms with van der Waals surface area (Å²) in [6.45, 7) is 3.59. The Kier molecular flexibility index (Phi) is 7.49. The number of carbonyl (C=O) groups excluding carboxylic acids is 2. The Bertz CT molecular complexity index is 1900. The number of para-hydroxylation sites is 1. The van der Waals surface area contributed by atoms with Gasteiger partial charge in [0.25, 0.3) is 11.2 Å². The van der Waals surface area contributed by atoms with E-state index >= 15 is 0 Å². The summed E-state index contributed by atoms with van der Waals surface area (Å²) in [4.78, 5) is 72.6. The van der Waals surface area contributed by atoms with E-state index in [0.717, 1.165) is 15.5 Å². The Morgan fingerprint density at radius 3 is 2.38 bits per heavy atom. The average molecular weight is 631 g/mol. The number of imide groups is 1. The molecule has 2 saturated heterocycles. The first-order valence-electron chi connectivity index (χ1n) is 14.3. The van der Waals surface area contributed by atoms with Gasteiger partial charge in [0.2, 0.25) is 11.8 Å². The van der Waals surface area contributed by atoms with E-state index in [0.29, 0.717) is 23.4 Å². The minimum Gasteiger partial charge on any atom is -0.480 e. The quantitative estimate of drug-likeness (QED) is 0.160. The first kappa shape index (κ1) is 30.1. The minimum absolute atomic E-state index is 0.0374. The molecular weight excluding hydrogens is 600 g/mol.